The van der Waals surface area contributed by atoms with Gasteiger partial charge in [-0.2, -0.15) is 0 Å². The number of hydrogen-bond acceptors (Lipinski definition) is 3. The molecule has 4 nitrogen and oxygen atoms in total. The molecule has 0 atom stereocenters. The first-order chi connectivity index (χ1) is 9.99. The molecule has 0 saturated carbocycles. The summed E-state index contributed by atoms with van der Waals surface area (Å²) < 4.78 is 0. The van der Waals surface area contributed by atoms with E-state index in [-0.39, 0.29) is 5.91 Å². The van der Waals surface area contributed by atoms with Gasteiger partial charge in [0.25, 0.3) is 5.91 Å². The van der Waals surface area contributed by atoms with Crippen molar-refractivity contribution >= 4 is 28.9 Å². The van der Waals surface area contributed by atoms with Crippen LogP contribution in [-0.4, -0.2) is 24.9 Å². The van der Waals surface area contributed by atoms with Crippen molar-refractivity contribution in [2.45, 2.75) is 6.54 Å². The van der Waals surface area contributed by atoms with E-state index in [4.69, 9.17) is 17.3 Å². The van der Waals surface area contributed by atoms with E-state index >= 15 is 0 Å². The highest BCUT2D eigenvalue weighted by atomic mass is 35.5. The Kier molecular flexibility index (Phi) is 4.70. The maximum atomic E-state index is 12.2. The summed E-state index contributed by atoms with van der Waals surface area (Å²) in [4.78, 5) is 13.7. The van der Waals surface area contributed by atoms with Crippen LogP contribution in [0.1, 0.15) is 15.9 Å². The van der Waals surface area contributed by atoms with E-state index < -0.39 is 0 Å². The lowest BCUT2D eigenvalue weighted by Crippen LogP contribution is -2.23. The number of nitrogens with one attached hydrogen (secondary N) is 1. The minimum absolute atomic E-state index is 0.0725. The molecule has 21 heavy (non-hydrogen) atoms. The van der Waals surface area contributed by atoms with Gasteiger partial charge < -0.3 is 16.0 Å². The SMILES string of the molecule is CN(C)C(=O)c1ccc(N)cc1NCc1ccccc1Cl. The molecule has 5 heteroatoms. The molecule has 0 aliphatic heterocycles. The Morgan fingerprint density at radius 1 is 1.24 bits per heavy atom. The summed E-state index contributed by atoms with van der Waals surface area (Å²) in [6, 6.07) is 12.8. The fourth-order valence-electron chi connectivity index (χ4n) is 1.97. The van der Waals surface area contributed by atoms with Crippen molar-refractivity contribution in [3.8, 4) is 0 Å². The standard InChI is InChI=1S/C16H18ClN3O/c1-20(2)16(21)13-8-7-12(18)9-15(13)19-10-11-5-3-4-6-14(11)17/h3-9,19H,10,18H2,1-2H3. The summed E-state index contributed by atoms with van der Waals surface area (Å²) in [5.41, 5.74) is 8.67. The summed E-state index contributed by atoms with van der Waals surface area (Å²) in [6.07, 6.45) is 0. The molecule has 1 amide bonds. The lowest BCUT2D eigenvalue weighted by Gasteiger charge is -2.16. The highest BCUT2D eigenvalue weighted by Gasteiger charge is 2.13. The average Bonchev–Trinajstić information content (AvgIpc) is 2.46. The minimum atomic E-state index is -0.0725. The summed E-state index contributed by atoms with van der Waals surface area (Å²) in [6.45, 7) is 0.525. The number of halogens is 1. The van der Waals surface area contributed by atoms with Crippen LogP contribution in [0.25, 0.3) is 0 Å². The molecule has 2 aromatic rings. The van der Waals surface area contributed by atoms with Crippen LogP contribution in [-0.2, 0) is 6.54 Å². The molecular formula is C16H18ClN3O. The second-order valence-corrected chi connectivity index (χ2v) is 5.36. The van der Waals surface area contributed by atoms with Gasteiger partial charge >= 0.3 is 0 Å². The molecule has 0 heterocycles. The van der Waals surface area contributed by atoms with Gasteiger partial charge in [0.15, 0.2) is 0 Å². The molecule has 0 aliphatic rings. The maximum Gasteiger partial charge on any atom is 0.255 e. The van der Waals surface area contributed by atoms with Crippen molar-refractivity contribution in [3.63, 3.8) is 0 Å². The molecule has 0 aromatic heterocycles. The largest absolute Gasteiger partial charge is 0.399 e. The number of anilines is 2. The van der Waals surface area contributed by atoms with Crippen LogP contribution in [0.3, 0.4) is 0 Å². The van der Waals surface area contributed by atoms with Crippen molar-refractivity contribution in [3.05, 3.63) is 58.6 Å². The maximum absolute atomic E-state index is 12.2. The van der Waals surface area contributed by atoms with Gasteiger partial charge in [0.2, 0.25) is 0 Å². The Labute approximate surface area is 129 Å². The zero-order valence-corrected chi connectivity index (χ0v) is 12.8. The molecule has 0 aliphatic carbocycles. The monoisotopic (exact) mass is 303 g/mol. The Morgan fingerprint density at radius 2 is 1.95 bits per heavy atom. The van der Waals surface area contributed by atoms with Crippen LogP contribution in [0.4, 0.5) is 11.4 Å². The Balaban J connectivity index is 2.25. The third-order valence-corrected chi connectivity index (χ3v) is 3.48. The number of nitrogens with zero attached hydrogens (tertiary/aromatic N) is 1. The lowest BCUT2D eigenvalue weighted by molar-refractivity contribution is 0.0828. The first-order valence-corrected chi connectivity index (χ1v) is 6.95. The molecule has 0 saturated heterocycles. The fourth-order valence-corrected chi connectivity index (χ4v) is 2.17. The Bertz CT molecular complexity index is 656. The van der Waals surface area contributed by atoms with E-state index in [1.807, 2.05) is 24.3 Å². The second-order valence-electron chi connectivity index (χ2n) is 4.95. The van der Waals surface area contributed by atoms with Crippen molar-refractivity contribution in [2.75, 3.05) is 25.1 Å². The fraction of sp³-hybridized carbons (Fsp3) is 0.188. The number of carbonyl (C=O) groups is 1. The van der Waals surface area contributed by atoms with E-state index in [0.717, 1.165) is 5.56 Å². The number of nitrogens with two attached hydrogens (primary N) is 1. The average molecular weight is 304 g/mol. The molecule has 0 spiro atoms. The van der Waals surface area contributed by atoms with E-state index in [1.54, 1.807) is 32.3 Å². The molecule has 0 radical (unpaired) electrons. The van der Waals surface area contributed by atoms with Crippen LogP contribution >= 0.6 is 11.6 Å². The highest BCUT2D eigenvalue weighted by Crippen LogP contribution is 2.23. The van der Waals surface area contributed by atoms with Crippen LogP contribution in [0.15, 0.2) is 42.5 Å². The van der Waals surface area contributed by atoms with Crippen LogP contribution < -0.4 is 11.1 Å². The Hall–Kier alpha value is -2.20. The number of carbonyl (C=O) groups excluding carboxylic acids is 1. The molecule has 0 unspecified atom stereocenters. The van der Waals surface area contributed by atoms with Crippen LogP contribution in [0.2, 0.25) is 5.02 Å². The summed E-state index contributed by atoms with van der Waals surface area (Å²) in [7, 11) is 3.44. The van der Waals surface area contributed by atoms with Gasteiger partial charge in [0.05, 0.1) is 5.56 Å². The summed E-state index contributed by atoms with van der Waals surface area (Å²) >= 11 is 6.13. The highest BCUT2D eigenvalue weighted by molar-refractivity contribution is 6.31. The number of hydrogen-bond donors (Lipinski definition) is 2. The first-order valence-electron chi connectivity index (χ1n) is 6.57. The number of rotatable bonds is 4. The van der Waals surface area contributed by atoms with Gasteiger partial charge in [-0.1, -0.05) is 29.8 Å². The molecule has 0 fully saturated rings. The number of benzene rings is 2. The zero-order chi connectivity index (χ0) is 15.4. The normalized spacial score (nSPS) is 10.2. The third kappa shape index (κ3) is 3.67. The third-order valence-electron chi connectivity index (χ3n) is 3.11. The molecule has 3 N–H and O–H groups in total. The second kappa shape index (κ2) is 6.50. The number of amides is 1. The van der Waals surface area contributed by atoms with E-state index in [9.17, 15) is 4.79 Å². The summed E-state index contributed by atoms with van der Waals surface area (Å²) in [5, 5.41) is 3.92. The van der Waals surface area contributed by atoms with Crippen molar-refractivity contribution in [1.82, 2.24) is 4.90 Å². The van der Waals surface area contributed by atoms with Gasteiger partial charge in [0.1, 0.15) is 0 Å². The molecular weight excluding hydrogens is 286 g/mol. The minimum Gasteiger partial charge on any atom is -0.399 e. The topological polar surface area (TPSA) is 58.4 Å². The smallest absolute Gasteiger partial charge is 0.255 e. The van der Waals surface area contributed by atoms with E-state index in [2.05, 4.69) is 5.32 Å². The first kappa shape index (κ1) is 15.2. The molecule has 110 valence electrons. The lowest BCUT2D eigenvalue weighted by atomic mass is 10.1. The van der Waals surface area contributed by atoms with Gasteiger partial charge in [-0.05, 0) is 29.8 Å². The van der Waals surface area contributed by atoms with E-state index in [0.29, 0.717) is 28.5 Å². The zero-order valence-electron chi connectivity index (χ0n) is 12.1. The number of nitrogen functional groups attached to an aromatic ring is 1. The predicted octanol–water partition coefficient (Wildman–Crippen LogP) is 3.24. The van der Waals surface area contributed by atoms with Crippen molar-refractivity contribution in [2.24, 2.45) is 0 Å². The van der Waals surface area contributed by atoms with Gasteiger partial charge in [-0.25, -0.2) is 0 Å². The van der Waals surface area contributed by atoms with Gasteiger partial charge in [-0.15, -0.1) is 0 Å². The predicted molar refractivity (Wildman–Crippen MR) is 87.7 cm³/mol. The van der Waals surface area contributed by atoms with Gasteiger partial charge in [-0.3, -0.25) is 4.79 Å². The van der Waals surface area contributed by atoms with Crippen LogP contribution in [0, 0.1) is 0 Å². The Morgan fingerprint density at radius 3 is 2.62 bits per heavy atom. The molecule has 0 bridgehead atoms. The van der Waals surface area contributed by atoms with E-state index in [1.165, 1.54) is 4.90 Å². The van der Waals surface area contributed by atoms with Gasteiger partial charge in [0, 0.05) is 37.0 Å². The van der Waals surface area contributed by atoms with Crippen molar-refractivity contribution < 1.29 is 4.79 Å². The summed E-state index contributed by atoms with van der Waals surface area (Å²) in [5.74, 6) is -0.0725. The van der Waals surface area contributed by atoms with Crippen LogP contribution in [0.5, 0.6) is 0 Å². The van der Waals surface area contributed by atoms with Crippen molar-refractivity contribution in [1.29, 1.82) is 0 Å². The molecule has 2 aromatic carbocycles. The quantitative estimate of drug-likeness (QED) is 0.853. The molecule has 2 rings (SSSR count).